The summed E-state index contributed by atoms with van der Waals surface area (Å²) in [5.74, 6) is 0.990. The van der Waals surface area contributed by atoms with E-state index >= 15 is 0 Å². The van der Waals surface area contributed by atoms with Crippen LogP contribution in [0.25, 0.3) is 0 Å². The van der Waals surface area contributed by atoms with Crippen molar-refractivity contribution in [2.45, 2.75) is 40.5 Å². The van der Waals surface area contributed by atoms with Crippen molar-refractivity contribution < 1.29 is 18.2 Å². The molecule has 122 valence electrons. The highest BCUT2D eigenvalue weighted by atomic mass is 31.1. The van der Waals surface area contributed by atoms with Crippen LogP contribution in [0.4, 0.5) is 0 Å². The fraction of sp³-hybridized carbons (Fsp3) is 0.625. The van der Waals surface area contributed by atoms with Crippen LogP contribution >= 0.6 is 16.1 Å². The van der Waals surface area contributed by atoms with Crippen LogP contribution < -0.4 is 10.6 Å². The Morgan fingerprint density at radius 3 is 1.50 bits per heavy atom. The zero-order valence-electron chi connectivity index (χ0n) is 13.8. The molecule has 0 amide bonds. The lowest BCUT2D eigenvalue weighted by molar-refractivity contribution is 0.304. The Labute approximate surface area is 135 Å². The molecule has 2 unspecified atom stereocenters. The van der Waals surface area contributed by atoms with E-state index in [0.29, 0.717) is 35.7 Å². The van der Waals surface area contributed by atoms with Crippen LogP contribution in [-0.4, -0.2) is 13.2 Å². The summed E-state index contributed by atoms with van der Waals surface area (Å²) in [6, 6.07) is 6.94. The van der Waals surface area contributed by atoms with Gasteiger partial charge in [0.2, 0.25) is 0 Å². The number of hydrogen-bond acceptors (Lipinski definition) is 4. The Balaban J connectivity index is 2.68. The summed E-state index contributed by atoms with van der Waals surface area (Å²) < 4.78 is 35.3. The van der Waals surface area contributed by atoms with Gasteiger partial charge in [0.05, 0.1) is 0 Å². The van der Waals surface area contributed by atoms with Gasteiger partial charge in [-0.05, 0) is 45.9 Å². The maximum Gasteiger partial charge on any atom is 0.553 e. The summed E-state index contributed by atoms with van der Waals surface area (Å²) in [4.78, 5) is 0. The van der Waals surface area contributed by atoms with Gasteiger partial charge >= 0.3 is 16.1 Å². The lowest BCUT2D eigenvalue weighted by Crippen LogP contribution is -2.19. The first kappa shape index (κ1) is 19.4. The van der Waals surface area contributed by atoms with Gasteiger partial charge in [-0.1, -0.05) is 39.8 Å². The molecule has 0 aliphatic rings. The maximum atomic E-state index is 12.3. The summed E-state index contributed by atoms with van der Waals surface area (Å²) in [5, 5.41) is 0.957. The van der Waals surface area contributed by atoms with Crippen molar-refractivity contribution in [2.24, 2.45) is 11.8 Å². The standard InChI is InChI=1S/C16H26O4P2/c1-13(2)9-11-19-21(17)15-7-5-6-8-16(15)22(18)20-12-10-14(3)4/h5-8,13-14H,9-12H2,1-4H3/q+2. The molecule has 0 bridgehead atoms. The van der Waals surface area contributed by atoms with Crippen LogP contribution in [0, 0.1) is 11.8 Å². The topological polar surface area (TPSA) is 52.6 Å². The molecule has 6 heteroatoms. The lowest BCUT2D eigenvalue weighted by atomic mass is 10.2. The fourth-order valence-electron chi connectivity index (χ4n) is 1.65. The number of rotatable bonds is 10. The van der Waals surface area contributed by atoms with E-state index in [2.05, 4.69) is 27.7 Å². The van der Waals surface area contributed by atoms with Crippen LogP contribution in [0.1, 0.15) is 40.5 Å². The zero-order valence-corrected chi connectivity index (χ0v) is 15.6. The number of hydrogen-bond donors (Lipinski definition) is 0. The summed E-state index contributed by atoms with van der Waals surface area (Å²) in [6.45, 7) is 9.22. The minimum atomic E-state index is -2.00. The minimum Gasteiger partial charge on any atom is -0.142 e. The van der Waals surface area contributed by atoms with Crippen LogP contribution in [0.15, 0.2) is 24.3 Å². The molecule has 0 aliphatic carbocycles. The second-order valence-corrected chi connectivity index (χ2v) is 8.54. The van der Waals surface area contributed by atoms with Gasteiger partial charge in [0.1, 0.15) is 13.2 Å². The molecule has 0 heterocycles. The van der Waals surface area contributed by atoms with Crippen molar-refractivity contribution in [3.8, 4) is 0 Å². The van der Waals surface area contributed by atoms with Gasteiger partial charge in [0.25, 0.3) is 10.6 Å². The summed E-state index contributed by atoms with van der Waals surface area (Å²) in [7, 11) is -4.00. The van der Waals surface area contributed by atoms with E-state index in [4.69, 9.17) is 9.05 Å². The maximum absolute atomic E-state index is 12.3. The summed E-state index contributed by atoms with van der Waals surface area (Å²) in [5.41, 5.74) is 0. The highest BCUT2D eigenvalue weighted by Crippen LogP contribution is 2.28. The van der Waals surface area contributed by atoms with Gasteiger partial charge in [0.15, 0.2) is 0 Å². The second kappa shape index (κ2) is 10.2. The van der Waals surface area contributed by atoms with Crippen molar-refractivity contribution in [2.75, 3.05) is 13.2 Å². The first-order valence-corrected chi connectivity index (χ1v) is 10.1. The van der Waals surface area contributed by atoms with E-state index in [1.165, 1.54) is 0 Å². The van der Waals surface area contributed by atoms with Crippen molar-refractivity contribution in [3.05, 3.63) is 24.3 Å². The average Bonchev–Trinajstić information content (AvgIpc) is 2.46. The predicted molar refractivity (Wildman–Crippen MR) is 91.7 cm³/mol. The molecule has 0 N–H and O–H groups in total. The third-order valence-corrected chi connectivity index (χ3v) is 5.66. The van der Waals surface area contributed by atoms with Gasteiger partial charge in [-0.25, -0.2) is 0 Å². The Morgan fingerprint density at radius 2 is 1.18 bits per heavy atom. The van der Waals surface area contributed by atoms with E-state index < -0.39 is 16.1 Å². The first-order valence-electron chi connectivity index (χ1n) is 7.71. The monoisotopic (exact) mass is 344 g/mol. The summed E-state index contributed by atoms with van der Waals surface area (Å²) in [6.07, 6.45) is 1.69. The molecule has 0 spiro atoms. The van der Waals surface area contributed by atoms with E-state index in [9.17, 15) is 9.13 Å². The van der Waals surface area contributed by atoms with Gasteiger partial charge in [0, 0.05) is 0 Å². The third-order valence-electron chi connectivity index (χ3n) is 3.08. The molecular weight excluding hydrogens is 318 g/mol. The molecule has 1 rings (SSSR count). The molecule has 0 radical (unpaired) electrons. The van der Waals surface area contributed by atoms with Crippen molar-refractivity contribution >= 4 is 26.7 Å². The quantitative estimate of drug-likeness (QED) is 0.585. The van der Waals surface area contributed by atoms with E-state index in [-0.39, 0.29) is 0 Å². The fourth-order valence-corrected chi connectivity index (χ4v) is 3.90. The molecule has 0 aromatic heterocycles. The molecule has 0 saturated carbocycles. The average molecular weight is 344 g/mol. The van der Waals surface area contributed by atoms with Crippen LogP contribution in [0.2, 0.25) is 0 Å². The lowest BCUT2D eigenvalue weighted by Gasteiger charge is -1.99. The molecule has 22 heavy (non-hydrogen) atoms. The van der Waals surface area contributed by atoms with Crippen molar-refractivity contribution in [1.82, 2.24) is 0 Å². The molecule has 1 aromatic carbocycles. The van der Waals surface area contributed by atoms with E-state index in [0.717, 1.165) is 12.8 Å². The van der Waals surface area contributed by atoms with E-state index in [1.54, 1.807) is 24.3 Å². The third kappa shape index (κ3) is 7.07. The van der Waals surface area contributed by atoms with Gasteiger partial charge in [-0.2, -0.15) is 0 Å². The zero-order chi connectivity index (χ0) is 16.5. The van der Waals surface area contributed by atoms with Gasteiger partial charge in [-0.3, -0.25) is 0 Å². The van der Waals surface area contributed by atoms with Gasteiger partial charge in [-0.15, -0.1) is 9.05 Å². The smallest absolute Gasteiger partial charge is 0.142 e. The summed E-state index contributed by atoms with van der Waals surface area (Å²) >= 11 is 0. The highest BCUT2D eigenvalue weighted by molar-refractivity contribution is 7.55. The predicted octanol–water partition coefficient (Wildman–Crippen LogP) is 4.55. The molecular formula is C16H26O4P2+2. The molecule has 1 aromatic rings. The highest BCUT2D eigenvalue weighted by Gasteiger charge is 2.37. The second-order valence-electron chi connectivity index (χ2n) is 6.03. The van der Waals surface area contributed by atoms with Crippen LogP contribution in [0.5, 0.6) is 0 Å². The van der Waals surface area contributed by atoms with Crippen LogP contribution in [-0.2, 0) is 18.2 Å². The molecule has 0 saturated heterocycles. The molecule has 0 fully saturated rings. The SMILES string of the molecule is CC(C)CCO[P+](=O)c1ccccc1[P+](=O)OCCC(C)C. The Morgan fingerprint density at radius 1 is 0.818 bits per heavy atom. The van der Waals surface area contributed by atoms with Gasteiger partial charge < -0.3 is 0 Å². The first-order chi connectivity index (χ1) is 10.4. The van der Waals surface area contributed by atoms with Crippen molar-refractivity contribution in [3.63, 3.8) is 0 Å². The normalized spacial score (nSPS) is 12.8. The Kier molecular flexibility index (Phi) is 8.97. The molecule has 0 aliphatic heterocycles. The molecule has 4 nitrogen and oxygen atoms in total. The van der Waals surface area contributed by atoms with Crippen molar-refractivity contribution in [1.29, 1.82) is 0 Å². The van der Waals surface area contributed by atoms with Crippen LogP contribution in [0.3, 0.4) is 0 Å². The van der Waals surface area contributed by atoms with E-state index in [1.807, 2.05) is 0 Å². The minimum absolute atomic E-state index is 0.437. The largest absolute Gasteiger partial charge is 0.553 e. The Hall–Kier alpha value is -0.660. The number of benzene rings is 1. The Bertz CT molecular complexity index is 456. The molecule has 2 atom stereocenters.